The molecule has 1 aromatic heterocycles. The average molecular weight is 292 g/mol. The number of hydrogen-bond acceptors (Lipinski definition) is 5. The van der Waals surface area contributed by atoms with Crippen molar-refractivity contribution < 1.29 is 9.84 Å². The fourth-order valence-corrected chi connectivity index (χ4v) is 2.65. The van der Waals surface area contributed by atoms with Gasteiger partial charge in [0.25, 0.3) is 0 Å². The lowest BCUT2D eigenvalue weighted by Gasteiger charge is -2.05. The number of ether oxygens (including phenoxy) is 1. The highest BCUT2D eigenvalue weighted by Crippen LogP contribution is 2.25. The minimum absolute atomic E-state index is 0.307. The number of hydrogen-bond donors (Lipinski definition) is 2. The van der Waals surface area contributed by atoms with Gasteiger partial charge in [0.2, 0.25) is 0 Å². The Morgan fingerprint density at radius 1 is 1.45 bits per heavy atom. The third-order valence-electron chi connectivity index (χ3n) is 2.87. The third-order valence-corrected chi connectivity index (χ3v) is 3.78. The minimum atomic E-state index is -0.307. The van der Waals surface area contributed by atoms with E-state index in [1.807, 2.05) is 24.3 Å². The highest BCUT2D eigenvalue weighted by molar-refractivity contribution is 7.09. The van der Waals surface area contributed by atoms with Crippen molar-refractivity contribution >= 4 is 11.3 Å². The summed E-state index contributed by atoms with van der Waals surface area (Å²) in [5, 5.41) is 15.5. The van der Waals surface area contributed by atoms with Crippen molar-refractivity contribution in [3.8, 4) is 17.0 Å². The summed E-state index contributed by atoms with van der Waals surface area (Å²) in [5.74, 6) is 0.843. The summed E-state index contributed by atoms with van der Waals surface area (Å²) in [4.78, 5) is 4.63. The summed E-state index contributed by atoms with van der Waals surface area (Å²) in [5.41, 5.74) is 2.06. The van der Waals surface area contributed by atoms with E-state index >= 15 is 0 Å². The van der Waals surface area contributed by atoms with E-state index in [0.29, 0.717) is 6.54 Å². The Bertz CT molecular complexity index is 540. The maximum absolute atomic E-state index is 9.16. The maximum Gasteiger partial charge on any atom is 0.119 e. The fraction of sp³-hybridized carbons (Fsp3) is 0.400. The van der Waals surface area contributed by atoms with Gasteiger partial charge in [0, 0.05) is 30.5 Å². The second-order valence-corrected chi connectivity index (χ2v) is 5.60. The number of aliphatic hydroxyl groups is 1. The standard InChI is InChI=1S/C15H20N2O2S/c1-11(18)9-16-7-6-15-17-14(10-20-15)12-4-3-5-13(8-12)19-2/h3-5,8,10-11,16,18H,6-7,9H2,1-2H3. The first-order chi connectivity index (χ1) is 9.69. The van der Waals surface area contributed by atoms with Gasteiger partial charge in [-0.25, -0.2) is 4.98 Å². The largest absolute Gasteiger partial charge is 0.497 e. The number of benzene rings is 1. The second kappa shape index (κ2) is 7.38. The second-order valence-electron chi connectivity index (χ2n) is 4.66. The van der Waals surface area contributed by atoms with Gasteiger partial charge in [-0.05, 0) is 19.1 Å². The highest BCUT2D eigenvalue weighted by atomic mass is 32.1. The average Bonchev–Trinajstić information content (AvgIpc) is 2.92. The van der Waals surface area contributed by atoms with Crippen LogP contribution in [0.15, 0.2) is 29.6 Å². The van der Waals surface area contributed by atoms with Crippen molar-refractivity contribution in [3.05, 3.63) is 34.7 Å². The number of nitrogens with zero attached hydrogens (tertiary/aromatic N) is 1. The molecule has 1 heterocycles. The van der Waals surface area contributed by atoms with Crippen LogP contribution in [0.2, 0.25) is 0 Å². The topological polar surface area (TPSA) is 54.4 Å². The third kappa shape index (κ3) is 4.30. The smallest absolute Gasteiger partial charge is 0.119 e. The molecule has 1 atom stereocenters. The van der Waals surface area contributed by atoms with Crippen LogP contribution in [0.1, 0.15) is 11.9 Å². The Morgan fingerprint density at radius 3 is 3.05 bits per heavy atom. The van der Waals surface area contributed by atoms with Gasteiger partial charge in [0.15, 0.2) is 0 Å². The molecule has 2 N–H and O–H groups in total. The van der Waals surface area contributed by atoms with Gasteiger partial charge in [-0.15, -0.1) is 11.3 Å². The molecule has 2 rings (SSSR count). The first kappa shape index (κ1) is 15.0. The van der Waals surface area contributed by atoms with Gasteiger partial charge in [-0.1, -0.05) is 12.1 Å². The van der Waals surface area contributed by atoms with Crippen LogP contribution in [0.5, 0.6) is 5.75 Å². The van der Waals surface area contributed by atoms with Crippen LogP contribution in [0.3, 0.4) is 0 Å². The van der Waals surface area contributed by atoms with E-state index in [9.17, 15) is 0 Å². The van der Waals surface area contributed by atoms with E-state index in [4.69, 9.17) is 9.84 Å². The molecule has 0 aliphatic rings. The summed E-state index contributed by atoms with van der Waals surface area (Å²) in [7, 11) is 1.67. The minimum Gasteiger partial charge on any atom is -0.497 e. The van der Waals surface area contributed by atoms with Crippen LogP contribution >= 0.6 is 11.3 Å². The lowest BCUT2D eigenvalue weighted by atomic mass is 10.2. The molecule has 0 aliphatic heterocycles. The molecule has 4 nitrogen and oxygen atoms in total. The van der Waals surface area contributed by atoms with E-state index in [1.54, 1.807) is 25.4 Å². The number of nitrogens with one attached hydrogen (secondary N) is 1. The van der Waals surface area contributed by atoms with Gasteiger partial charge in [0.1, 0.15) is 5.75 Å². The molecule has 0 aliphatic carbocycles. The van der Waals surface area contributed by atoms with Crippen LogP contribution in [-0.4, -0.2) is 36.4 Å². The number of thiazole rings is 1. The molecule has 1 unspecified atom stereocenters. The molecule has 0 saturated carbocycles. The first-order valence-electron chi connectivity index (χ1n) is 6.66. The SMILES string of the molecule is COc1cccc(-c2csc(CCNCC(C)O)n2)c1. The van der Waals surface area contributed by atoms with Crippen LogP contribution in [0.4, 0.5) is 0 Å². The zero-order valence-corrected chi connectivity index (χ0v) is 12.6. The summed E-state index contributed by atoms with van der Waals surface area (Å²) in [6.07, 6.45) is 0.570. The van der Waals surface area contributed by atoms with Crippen molar-refractivity contribution in [1.29, 1.82) is 0 Å². The molecule has 1 aromatic carbocycles. The Labute approximate surface area is 123 Å². The van der Waals surface area contributed by atoms with Gasteiger partial charge in [0.05, 0.1) is 23.9 Å². The lowest BCUT2D eigenvalue weighted by molar-refractivity contribution is 0.191. The molecule has 0 fully saturated rings. The predicted molar refractivity (Wildman–Crippen MR) is 82.4 cm³/mol. The Morgan fingerprint density at radius 2 is 2.30 bits per heavy atom. The Hall–Kier alpha value is -1.43. The van der Waals surface area contributed by atoms with Crippen molar-refractivity contribution in [3.63, 3.8) is 0 Å². The maximum atomic E-state index is 9.16. The van der Waals surface area contributed by atoms with Crippen molar-refractivity contribution in [2.24, 2.45) is 0 Å². The number of aromatic nitrogens is 1. The van der Waals surface area contributed by atoms with Crippen molar-refractivity contribution in [1.82, 2.24) is 10.3 Å². The number of aliphatic hydroxyl groups excluding tert-OH is 1. The summed E-state index contributed by atoms with van der Waals surface area (Å²) >= 11 is 1.66. The molecule has 5 heteroatoms. The zero-order chi connectivity index (χ0) is 14.4. The van der Waals surface area contributed by atoms with Crippen LogP contribution in [-0.2, 0) is 6.42 Å². The van der Waals surface area contributed by atoms with Crippen LogP contribution in [0.25, 0.3) is 11.3 Å². The normalized spacial score (nSPS) is 12.3. The predicted octanol–water partition coefficient (Wildman–Crippen LogP) is 2.33. The number of methoxy groups -OCH3 is 1. The summed E-state index contributed by atoms with van der Waals surface area (Å²) < 4.78 is 5.23. The summed E-state index contributed by atoms with van der Waals surface area (Å²) in [6.45, 7) is 3.22. The fourth-order valence-electron chi connectivity index (χ4n) is 1.85. The summed E-state index contributed by atoms with van der Waals surface area (Å²) in [6, 6.07) is 7.92. The molecule has 108 valence electrons. The van der Waals surface area contributed by atoms with Gasteiger partial charge >= 0.3 is 0 Å². The van der Waals surface area contributed by atoms with E-state index in [-0.39, 0.29) is 6.10 Å². The van der Waals surface area contributed by atoms with E-state index in [1.165, 1.54) is 0 Å². The molecule has 0 spiro atoms. The highest BCUT2D eigenvalue weighted by Gasteiger charge is 2.05. The molecule has 20 heavy (non-hydrogen) atoms. The quantitative estimate of drug-likeness (QED) is 0.769. The van der Waals surface area contributed by atoms with Crippen LogP contribution < -0.4 is 10.1 Å². The Balaban J connectivity index is 1.94. The zero-order valence-electron chi connectivity index (χ0n) is 11.8. The number of rotatable bonds is 7. The van der Waals surface area contributed by atoms with Crippen molar-refractivity contribution in [2.75, 3.05) is 20.2 Å². The van der Waals surface area contributed by atoms with Gasteiger partial charge in [-0.3, -0.25) is 0 Å². The van der Waals surface area contributed by atoms with Crippen LogP contribution in [0, 0.1) is 0 Å². The van der Waals surface area contributed by atoms with E-state index in [2.05, 4.69) is 15.7 Å². The molecule has 0 bridgehead atoms. The van der Waals surface area contributed by atoms with E-state index in [0.717, 1.165) is 35.0 Å². The van der Waals surface area contributed by atoms with Gasteiger partial charge < -0.3 is 15.2 Å². The Kier molecular flexibility index (Phi) is 5.52. The molecule has 0 radical (unpaired) electrons. The molecule has 0 saturated heterocycles. The van der Waals surface area contributed by atoms with Gasteiger partial charge in [-0.2, -0.15) is 0 Å². The molecule has 0 amide bonds. The van der Waals surface area contributed by atoms with Crippen molar-refractivity contribution in [2.45, 2.75) is 19.4 Å². The molecule has 2 aromatic rings. The monoisotopic (exact) mass is 292 g/mol. The van der Waals surface area contributed by atoms with E-state index < -0.39 is 0 Å². The molecular formula is C15H20N2O2S. The first-order valence-corrected chi connectivity index (χ1v) is 7.54. The lowest BCUT2D eigenvalue weighted by Crippen LogP contribution is -2.26. The molecular weight excluding hydrogens is 272 g/mol.